The summed E-state index contributed by atoms with van der Waals surface area (Å²) in [6.45, 7) is 13.4. The molecule has 5 rings (SSSR count). The Hall–Kier alpha value is -3.31. The lowest BCUT2D eigenvalue weighted by Crippen LogP contribution is -2.46. The van der Waals surface area contributed by atoms with Gasteiger partial charge in [-0.3, -0.25) is 10.0 Å². The van der Waals surface area contributed by atoms with E-state index >= 15 is 0 Å². The van der Waals surface area contributed by atoms with Crippen LogP contribution in [-0.4, -0.2) is 54.2 Å². The van der Waals surface area contributed by atoms with Gasteiger partial charge in [-0.15, -0.1) is 0 Å². The van der Waals surface area contributed by atoms with Gasteiger partial charge < -0.3 is 9.80 Å². The number of anilines is 2. The zero-order valence-electron chi connectivity index (χ0n) is 24.7. The molecule has 6 nitrogen and oxygen atoms in total. The first-order chi connectivity index (χ1) is 19.6. The summed E-state index contributed by atoms with van der Waals surface area (Å²) in [5, 5.41) is 15.5. The third-order valence-corrected chi connectivity index (χ3v) is 10.2. The van der Waals surface area contributed by atoms with Crippen LogP contribution in [0.2, 0.25) is 0 Å². The maximum atomic E-state index is 12.5. The Bertz CT molecular complexity index is 1530. The second-order valence-corrected chi connectivity index (χ2v) is 13.9. The van der Waals surface area contributed by atoms with Gasteiger partial charge in [0, 0.05) is 45.8 Å². The van der Waals surface area contributed by atoms with Crippen molar-refractivity contribution in [1.82, 2.24) is 4.90 Å². The van der Waals surface area contributed by atoms with Crippen LogP contribution in [0.25, 0.3) is 0 Å². The Morgan fingerprint density at radius 2 is 1.59 bits per heavy atom. The average Bonchev–Trinajstić information content (AvgIpc) is 2.96. The van der Waals surface area contributed by atoms with Crippen LogP contribution in [0.5, 0.6) is 0 Å². The molecule has 2 heterocycles. The molecule has 0 aliphatic carbocycles. The molecule has 7 heteroatoms. The Labute approximate surface area is 246 Å². The van der Waals surface area contributed by atoms with Gasteiger partial charge in [0.1, 0.15) is 6.07 Å². The van der Waals surface area contributed by atoms with Crippen molar-refractivity contribution in [3.05, 3.63) is 88.5 Å². The van der Waals surface area contributed by atoms with Crippen molar-refractivity contribution in [1.29, 1.82) is 5.26 Å². The molecule has 0 radical (unpaired) electrons. The molecule has 0 aromatic heterocycles. The monoisotopic (exact) mass is 569 g/mol. The van der Waals surface area contributed by atoms with Crippen LogP contribution in [0.4, 0.5) is 11.4 Å². The first kappa shape index (κ1) is 29.2. The van der Waals surface area contributed by atoms with Crippen LogP contribution < -0.4 is 14.9 Å². The molecule has 3 atom stereocenters. The summed E-state index contributed by atoms with van der Waals surface area (Å²) in [7, 11) is -2.77. The molecule has 0 bridgehead atoms. The van der Waals surface area contributed by atoms with Crippen LogP contribution in [0.15, 0.2) is 65.6 Å². The van der Waals surface area contributed by atoms with E-state index < -0.39 is 9.71 Å². The fraction of sp³-hybridized carbons (Fsp3) is 0.412. The van der Waals surface area contributed by atoms with Crippen LogP contribution in [0, 0.1) is 37.0 Å². The van der Waals surface area contributed by atoms with Gasteiger partial charge in [0.25, 0.3) is 0 Å². The Morgan fingerprint density at radius 3 is 2.27 bits per heavy atom. The van der Waals surface area contributed by atoms with Crippen molar-refractivity contribution in [2.24, 2.45) is 17.0 Å². The highest BCUT2D eigenvalue weighted by Crippen LogP contribution is 2.33. The third kappa shape index (κ3) is 6.62. The lowest BCUT2D eigenvalue weighted by Gasteiger charge is -2.39. The summed E-state index contributed by atoms with van der Waals surface area (Å²) in [6.07, 6.45) is 2.23. The van der Waals surface area contributed by atoms with Crippen molar-refractivity contribution in [2.45, 2.75) is 45.1 Å². The number of nitrogens with two attached hydrogens (primary N) is 1. The summed E-state index contributed by atoms with van der Waals surface area (Å²) >= 11 is 0. The van der Waals surface area contributed by atoms with Crippen molar-refractivity contribution in [3.8, 4) is 6.07 Å². The van der Waals surface area contributed by atoms with Gasteiger partial charge in [0.15, 0.2) is 0 Å². The lowest BCUT2D eigenvalue weighted by molar-refractivity contribution is 0.249. The largest absolute Gasteiger partial charge is 0.370 e. The fourth-order valence-corrected chi connectivity index (χ4v) is 7.44. The van der Waals surface area contributed by atoms with Crippen molar-refractivity contribution >= 4 is 27.0 Å². The van der Waals surface area contributed by atoms with E-state index in [1.165, 1.54) is 22.3 Å². The molecule has 3 aromatic carbocycles. The Kier molecular flexibility index (Phi) is 8.74. The van der Waals surface area contributed by atoms with E-state index in [-0.39, 0.29) is 0 Å². The van der Waals surface area contributed by atoms with Gasteiger partial charge in [-0.1, -0.05) is 43.3 Å². The molecule has 41 heavy (non-hydrogen) atoms. The van der Waals surface area contributed by atoms with Crippen LogP contribution >= 0.6 is 0 Å². The van der Waals surface area contributed by atoms with Crippen LogP contribution in [0.3, 0.4) is 0 Å². The molecular formula is C34H43N5OS. The SMILES string of the molecule is C=S(N)(=O)c1ccccc1N1CCN(Cc2cc(C[C@@H]3CCN(c4ccccc4C#N)C[C@@H]3C)c(C)cc2C)CC1. The van der Waals surface area contributed by atoms with Gasteiger partial charge in [0.2, 0.25) is 0 Å². The molecule has 2 saturated heterocycles. The molecule has 0 amide bonds. The fourth-order valence-electron chi connectivity index (χ4n) is 6.58. The minimum atomic E-state index is -2.77. The zero-order valence-corrected chi connectivity index (χ0v) is 25.5. The molecule has 2 fully saturated rings. The summed E-state index contributed by atoms with van der Waals surface area (Å²) in [5.74, 6) is 4.90. The normalized spacial score (nSPS) is 21.3. The zero-order chi connectivity index (χ0) is 29.1. The number of aryl methyl sites for hydroxylation is 2. The molecule has 0 saturated carbocycles. The molecule has 2 aliphatic rings. The van der Waals surface area contributed by atoms with E-state index in [9.17, 15) is 9.47 Å². The topological polar surface area (TPSA) is 76.6 Å². The smallest absolute Gasteiger partial charge is 0.101 e. The molecule has 3 aromatic rings. The van der Waals surface area contributed by atoms with E-state index in [1.54, 1.807) is 0 Å². The van der Waals surface area contributed by atoms with Crippen LogP contribution in [-0.2, 0) is 22.7 Å². The third-order valence-electron chi connectivity index (χ3n) is 9.07. The van der Waals surface area contributed by atoms with Crippen molar-refractivity contribution < 1.29 is 4.21 Å². The molecule has 216 valence electrons. The second kappa shape index (κ2) is 12.3. The Balaban J connectivity index is 1.22. The number of benzene rings is 3. The quantitative estimate of drug-likeness (QED) is 0.398. The number of nitrogens with zero attached hydrogens (tertiary/aromatic N) is 4. The number of piperidine rings is 1. The second-order valence-electron chi connectivity index (χ2n) is 12.0. The lowest BCUT2D eigenvalue weighted by atomic mass is 9.80. The van der Waals surface area contributed by atoms with Gasteiger partial charge in [-0.2, -0.15) is 5.26 Å². The molecule has 0 spiro atoms. The van der Waals surface area contributed by atoms with Crippen LogP contribution in [0.1, 0.15) is 41.2 Å². The molecule has 2 aliphatic heterocycles. The van der Waals surface area contributed by atoms with E-state index in [0.29, 0.717) is 16.7 Å². The predicted molar refractivity (Wildman–Crippen MR) is 172 cm³/mol. The minimum Gasteiger partial charge on any atom is -0.370 e. The number of nitriles is 1. The molecule has 2 N–H and O–H groups in total. The van der Waals surface area contributed by atoms with E-state index in [0.717, 1.165) is 75.6 Å². The maximum Gasteiger partial charge on any atom is 0.101 e. The van der Waals surface area contributed by atoms with Crippen molar-refractivity contribution in [2.75, 3.05) is 49.1 Å². The minimum absolute atomic E-state index is 0.553. The average molecular weight is 570 g/mol. The van der Waals surface area contributed by atoms with Crippen molar-refractivity contribution in [3.63, 3.8) is 0 Å². The van der Waals surface area contributed by atoms with E-state index in [1.807, 2.05) is 42.5 Å². The summed E-state index contributed by atoms with van der Waals surface area (Å²) in [6, 6.07) is 22.9. The number of rotatable bonds is 7. The first-order valence-electron chi connectivity index (χ1n) is 14.7. The first-order valence-corrected chi connectivity index (χ1v) is 16.5. The highest BCUT2D eigenvalue weighted by Gasteiger charge is 2.28. The number of piperazine rings is 1. The highest BCUT2D eigenvalue weighted by molar-refractivity contribution is 7.98. The summed E-state index contributed by atoms with van der Waals surface area (Å²) in [5.41, 5.74) is 8.40. The maximum absolute atomic E-state index is 12.5. The predicted octanol–water partition coefficient (Wildman–Crippen LogP) is 5.15. The molecular weight excluding hydrogens is 526 g/mol. The van der Waals surface area contributed by atoms with Gasteiger partial charge in [-0.25, -0.2) is 4.21 Å². The number of para-hydroxylation sites is 2. The number of hydrogen-bond acceptors (Lipinski definition) is 5. The van der Waals surface area contributed by atoms with Gasteiger partial charge in [-0.05, 0) is 90.9 Å². The summed E-state index contributed by atoms with van der Waals surface area (Å²) in [4.78, 5) is 7.85. The van der Waals surface area contributed by atoms with E-state index in [4.69, 9.17) is 5.14 Å². The highest BCUT2D eigenvalue weighted by atomic mass is 32.2. The van der Waals surface area contributed by atoms with Gasteiger partial charge >= 0.3 is 0 Å². The Morgan fingerprint density at radius 1 is 0.927 bits per heavy atom. The van der Waals surface area contributed by atoms with Gasteiger partial charge in [0.05, 0.1) is 31.5 Å². The summed E-state index contributed by atoms with van der Waals surface area (Å²) < 4.78 is 12.5. The van der Waals surface area contributed by atoms with E-state index in [2.05, 4.69) is 65.6 Å². The molecule has 1 unspecified atom stereocenters. The number of hydrogen-bond donors (Lipinski definition) is 1. The standard InChI is InChI=1S/C34H43N5OS/c1-25-19-26(2)31(24-37-15-17-38(18-16-37)33-11-7-8-12-34(33)41(4,36)40)21-30(25)20-28-13-14-39(23-27(28)3)32-10-6-5-9-29(32)22-35/h5-12,19,21,27-28H,4,13-18,20,23-24H2,1-3H3,(H2,36,40)/t27-,28-,41?/m0/s1.